The number of ether oxygens (including phenoxy) is 1. The van der Waals surface area contributed by atoms with Gasteiger partial charge >= 0.3 is 0 Å². The predicted octanol–water partition coefficient (Wildman–Crippen LogP) is 5.06. The second-order valence-corrected chi connectivity index (χ2v) is 9.00. The second-order valence-electron chi connectivity index (χ2n) is 7.35. The molecule has 0 heterocycles. The zero-order chi connectivity index (χ0) is 22.6. The van der Waals surface area contributed by atoms with Gasteiger partial charge in [0.1, 0.15) is 5.75 Å². The van der Waals surface area contributed by atoms with Gasteiger partial charge in [-0.2, -0.15) is 0 Å². The number of aryl methyl sites for hydroxylation is 3. The first-order valence-electron chi connectivity index (χ1n) is 9.94. The molecule has 162 valence electrons. The molecular weight excluding hydrogens is 412 g/mol. The molecule has 3 aromatic rings. The fourth-order valence-corrected chi connectivity index (χ4v) is 4.63. The average molecular weight is 439 g/mol. The van der Waals surface area contributed by atoms with E-state index in [2.05, 4.69) is 10.0 Å². The van der Waals surface area contributed by atoms with Crippen molar-refractivity contribution in [1.82, 2.24) is 0 Å². The van der Waals surface area contributed by atoms with Crippen LogP contribution in [0.2, 0.25) is 0 Å². The number of carbonyl (C=O) groups excluding carboxylic acids is 1. The van der Waals surface area contributed by atoms with Crippen molar-refractivity contribution >= 4 is 27.3 Å². The highest BCUT2D eigenvalue weighted by atomic mass is 32.2. The van der Waals surface area contributed by atoms with Gasteiger partial charge in [-0.1, -0.05) is 24.3 Å². The lowest BCUT2D eigenvalue weighted by Crippen LogP contribution is -2.17. The van der Waals surface area contributed by atoms with Gasteiger partial charge in [-0.15, -0.1) is 0 Å². The number of anilines is 2. The first kappa shape index (κ1) is 22.4. The van der Waals surface area contributed by atoms with Crippen LogP contribution in [0.5, 0.6) is 5.75 Å². The fraction of sp³-hybridized carbons (Fsp3) is 0.208. The Kier molecular flexibility index (Phi) is 6.65. The minimum Gasteiger partial charge on any atom is -0.492 e. The van der Waals surface area contributed by atoms with E-state index in [4.69, 9.17) is 4.74 Å². The van der Waals surface area contributed by atoms with E-state index >= 15 is 0 Å². The molecular formula is C24H26N2O4S. The highest BCUT2D eigenvalue weighted by molar-refractivity contribution is 7.92. The van der Waals surface area contributed by atoms with Crippen molar-refractivity contribution in [1.29, 1.82) is 0 Å². The molecule has 0 aromatic heterocycles. The Balaban J connectivity index is 1.90. The third-order valence-electron chi connectivity index (χ3n) is 4.65. The molecule has 6 nitrogen and oxygen atoms in total. The largest absolute Gasteiger partial charge is 0.492 e. The molecule has 7 heteroatoms. The maximum Gasteiger partial charge on any atom is 0.262 e. The van der Waals surface area contributed by atoms with E-state index in [-0.39, 0.29) is 10.5 Å². The molecule has 0 spiro atoms. The van der Waals surface area contributed by atoms with E-state index < -0.39 is 15.9 Å². The third kappa shape index (κ3) is 5.44. The lowest BCUT2D eigenvalue weighted by Gasteiger charge is -2.14. The molecule has 0 fully saturated rings. The van der Waals surface area contributed by atoms with Crippen molar-refractivity contribution in [3.63, 3.8) is 0 Å². The van der Waals surface area contributed by atoms with Crippen LogP contribution in [-0.4, -0.2) is 20.9 Å². The van der Waals surface area contributed by atoms with Gasteiger partial charge in [-0.05, 0) is 80.8 Å². The Morgan fingerprint density at radius 2 is 1.61 bits per heavy atom. The molecule has 1 amide bonds. The minimum atomic E-state index is -3.88. The molecule has 0 radical (unpaired) electrons. The number of nitrogens with one attached hydrogen (secondary N) is 2. The van der Waals surface area contributed by atoms with Gasteiger partial charge in [0.15, 0.2) is 0 Å². The van der Waals surface area contributed by atoms with Crippen LogP contribution in [0.15, 0.2) is 65.6 Å². The summed E-state index contributed by atoms with van der Waals surface area (Å²) in [5, 5.41) is 2.80. The highest BCUT2D eigenvalue weighted by Gasteiger charge is 2.20. The average Bonchev–Trinajstić information content (AvgIpc) is 2.68. The standard InChI is InChI=1S/C24H26N2O4S/c1-5-30-22-9-7-6-8-21(22)25-24(27)19-11-10-18(4)23(15-19)31(28,29)26-20-13-16(2)12-17(3)14-20/h6-15,26H,5H2,1-4H3,(H,25,27). The summed E-state index contributed by atoms with van der Waals surface area (Å²) in [6, 6.07) is 17.2. The van der Waals surface area contributed by atoms with Gasteiger partial charge in [-0.25, -0.2) is 8.42 Å². The number of hydrogen-bond donors (Lipinski definition) is 2. The van der Waals surface area contributed by atoms with Crippen molar-refractivity contribution in [3.8, 4) is 5.75 Å². The molecule has 0 saturated carbocycles. The lowest BCUT2D eigenvalue weighted by atomic mass is 10.1. The lowest BCUT2D eigenvalue weighted by molar-refractivity contribution is 0.102. The normalized spacial score (nSPS) is 11.1. The number of para-hydroxylation sites is 2. The number of carbonyl (C=O) groups is 1. The van der Waals surface area contributed by atoms with Crippen LogP contribution >= 0.6 is 0 Å². The third-order valence-corrected chi connectivity index (χ3v) is 6.17. The molecule has 31 heavy (non-hydrogen) atoms. The van der Waals surface area contributed by atoms with Gasteiger partial charge in [0.25, 0.3) is 15.9 Å². The van der Waals surface area contributed by atoms with E-state index in [1.807, 2.05) is 32.9 Å². The molecule has 0 bridgehead atoms. The first-order valence-corrected chi connectivity index (χ1v) is 11.4. The first-order chi connectivity index (χ1) is 14.7. The van der Waals surface area contributed by atoms with Crippen molar-refractivity contribution < 1.29 is 17.9 Å². The van der Waals surface area contributed by atoms with Gasteiger partial charge in [0, 0.05) is 11.3 Å². The molecule has 0 aliphatic carbocycles. The SMILES string of the molecule is CCOc1ccccc1NC(=O)c1ccc(C)c(S(=O)(=O)Nc2cc(C)cc(C)c2)c1. The van der Waals surface area contributed by atoms with Crippen LogP contribution < -0.4 is 14.8 Å². The summed E-state index contributed by atoms with van der Waals surface area (Å²) in [6.07, 6.45) is 0. The summed E-state index contributed by atoms with van der Waals surface area (Å²) in [7, 11) is -3.88. The number of sulfonamides is 1. The van der Waals surface area contributed by atoms with Crippen LogP contribution in [0, 0.1) is 20.8 Å². The van der Waals surface area contributed by atoms with Crippen molar-refractivity contribution in [2.75, 3.05) is 16.6 Å². The Morgan fingerprint density at radius 1 is 0.935 bits per heavy atom. The van der Waals surface area contributed by atoms with Gasteiger partial charge in [0.2, 0.25) is 0 Å². The van der Waals surface area contributed by atoms with Crippen LogP contribution in [0.25, 0.3) is 0 Å². The van der Waals surface area contributed by atoms with E-state index in [0.717, 1.165) is 11.1 Å². The summed E-state index contributed by atoms with van der Waals surface area (Å²) in [4.78, 5) is 12.9. The summed E-state index contributed by atoms with van der Waals surface area (Å²) in [5.41, 5.74) is 3.69. The molecule has 0 unspecified atom stereocenters. The summed E-state index contributed by atoms with van der Waals surface area (Å²) in [6.45, 7) is 7.83. The number of hydrogen-bond acceptors (Lipinski definition) is 4. The molecule has 0 atom stereocenters. The minimum absolute atomic E-state index is 0.0532. The van der Waals surface area contributed by atoms with Crippen LogP contribution in [0.3, 0.4) is 0 Å². The van der Waals surface area contributed by atoms with Crippen LogP contribution in [0.1, 0.15) is 34.0 Å². The molecule has 3 rings (SSSR count). The zero-order valence-electron chi connectivity index (χ0n) is 18.0. The highest BCUT2D eigenvalue weighted by Crippen LogP contribution is 2.26. The number of amides is 1. The van der Waals surface area contributed by atoms with E-state index in [9.17, 15) is 13.2 Å². The van der Waals surface area contributed by atoms with Crippen LogP contribution in [0.4, 0.5) is 11.4 Å². The Labute approximate surface area is 183 Å². The molecule has 2 N–H and O–H groups in total. The summed E-state index contributed by atoms with van der Waals surface area (Å²) < 4.78 is 34.3. The number of rotatable bonds is 7. The molecule has 0 aliphatic rings. The quantitative estimate of drug-likeness (QED) is 0.540. The smallest absolute Gasteiger partial charge is 0.262 e. The summed E-state index contributed by atoms with van der Waals surface area (Å²) in [5.74, 6) is 0.129. The number of benzene rings is 3. The fourth-order valence-electron chi connectivity index (χ4n) is 3.32. The van der Waals surface area contributed by atoms with E-state index in [0.29, 0.717) is 29.3 Å². The Bertz CT molecular complexity index is 1200. The Hall–Kier alpha value is -3.32. The van der Waals surface area contributed by atoms with E-state index in [1.165, 1.54) is 6.07 Å². The molecule has 3 aromatic carbocycles. The monoisotopic (exact) mass is 438 g/mol. The topological polar surface area (TPSA) is 84.5 Å². The van der Waals surface area contributed by atoms with Crippen molar-refractivity contribution in [3.05, 3.63) is 82.9 Å². The van der Waals surface area contributed by atoms with Crippen LogP contribution in [-0.2, 0) is 10.0 Å². The Morgan fingerprint density at radius 3 is 2.29 bits per heavy atom. The van der Waals surface area contributed by atoms with E-state index in [1.54, 1.807) is 49.4 Å². The van der Waals surface area contributed by atoms with Gasteiger partial charge in [-0.3, -0.25) is 9.52 Å². The second kappa shape index (κ2) is 9.22. The zero-order valence-corrected chi connectivity index (χ0v) is 18.8. The maximum atomic E-state index is 13.1. The maximum absolute atomic E-state index is 13.1. The van der Waals surface area contributed by atoms with Crippen molar-refractivity contribution in [2.45, 2.75) is 32.6 Å². The predicted molar refractivity (Wildman–Crippen MR) is 123 cm³/mol. The molecule has 0 saturated heterocycles. The van der Waals surface area contributed by atoms with Gasteiger partial charge in [0.05, 0.1) is 17.2 Å². The molecule has 0 aliphatic heterocycles. The summed E-state index contributed by atoms with van der Waals surface area (Å²) >= 11 is 0. The van der Waals surface area contributed by atoms with Gasteiger partial charge < -0.3 is 10.1 Å². The van der Waals surface area contributed by atoms with Crippen molar-refractivity contribution in [2.24, 2.45) is 0 Å².